The number of non-ortho nitro benzene ring substituents is 1. The monoisotopic (exact) mass is 349 g/mol. The maximum atomic E-state index is 12.2. The second-order valence-electron chi connectivity index (χ2n) is 5.86. The highest BCUT2D eigenvalue weighted by Gasteiger charge is 2.37. The largest absolute Gasteiger partial charge is 0.480 e. The van der Waals surface area contributed by atoms with Crippen molar-refractivity contribution in [1.29, 1.82) is 0 Å². The molecule has 25 heavy (non-hydrogen) atoms. The molecule has 0 radical (unpaired) electrons. The number of carboxylic acid groups (broad SMARTS) is 1. The Morgan fingerprint density at radius 1 is 1.32 bits per heavy atom. The lowest BCUT2D eigenvalue weighted by molar-refractivity contribution is -0.384. The van der Waals surface area contributed by atoms with Crippen molar-refractivity contribution in [2.24, 2.45) is 0 Å². The zero-order valence-corrected chi connectivity index (χ0v) is 13.7. The molecule has 1 unspecified atom stereocenters. The number of carboxylic acids is 1. The van der Waals surface area contributed by atoms with Gasteiger partial charge in [-0.1, -0.05) is 0 Å². The number of nitro groups is 1. The second kappa shape index (κ2) is 7.73. The molecule has 1 aliphatic rings. The van der Waals surface area contributed by atoms with Gasteiger partial charge in [-0.15, -0.1) is 0 Å². The predicted octanol–water partition coefficient (Wildman–Crippen LogP) is 1.18. The summed E-state index contributed by atoms with van der Waals surface area (Å²) in [6.45, 7) is 1.53. The number of nitrogens with zero attached hydrogens (tertiary/aromatic N) is 2. The lowest BCUT2D eigenvalue weighted by Crippen LogP contribution is -2.45. The fourth-order valence-electron chi connectivity index (χ4n) is 2.46. The van der Waals surface area contributed by atoms with Gasteiger partial charge in [0, 0.05) is 36.7 Å². The summed E-state index contributed by atoms with van der Waals surface area (Å²) in [5, 5.41) is 22.2. The van der Waals surface area contributed by atoms with Gasteiger partial charge in [0.05, 0.1) is 4.92 Å². The molecule has 1 saturated carbocycles. The third kappa shape index (κ3) is 4.75. The average molecular weight is 349 g/mol. The highest BCUT2D eigenvalue weighted by Crippen LogP contribution is 2.29. The summed E-state index contributed by atoms with van der Waals surface area (Å²) in [6.07, 6.45) is 1.57. The van der Waals surface area contributed by atoms with Crippen molar-refractivity contribution in [3.63, 3.8) is 0 Å². The first kappa shape index (κ1) is 18.4. The zero-order chi connectivity index (χ0) is 18.6. The fourth-order valence-corrected chi connectivity index (χ4v) is 2.46. The molecule has 1 atom stereocenters. The molecule has 1 fully saturated rings. The van der Waals surface area contributed by atoms with Gasteiger partial charge in [0.2, 0.25) is 5.91 Å². The Kier molecular flexibility index (Phi) is 5.68. The smallest absolute Gasteiger partial charge is 0.326 e. The van der Waals surface area contributed by atoms with Gasteiger partial charge < -0.3 is 15.3 Å². The Hall–Kier alpha value is -2.97. The number of rotatable bonds is 8. The van der Waals surface area contributed by atoms with E-state index in [1.807, 2.05) is 0 Å². The van der Waals surface area contributed by atoms with E-state index in [2.05, 4.69) is 5.32 Å². The summed E-state index contributed by atoms with van der Waals surface area (Å²) >= 11 is 0. The van der Waals surface area contributed by atoms with E-state index in [0.717, 1.165) is 12.8 Å². The number of carbonyl (C=O) groups is 3. The van der Waals surface area contributed by atoms with Gasteiger partial charge >= 0.3 is 5.97 Å². The van der Waals surface area contributed by atoms with Crippen molar-refractivity contribution < 1.29 is 24.4 Å². The summed E-state index contributed by atoms with van der Waals surface area (Å²) in [5.74, 6) is -1.83. The van der Waals surface area contributed by atoms with Crippen molar-refractivity contribution in [2.75, 3.05) is 6.54 Å². The molecule has 0 saturated heterocycles. The molecular weight excluding hydrogens is 330 g/mol. The van der Waals surface area contributed by atoms with E-state index in [4.69, 9.17) is 5.11 Å². The van der Waals surface area contributed by atoms with Crippen LogP contribution in [-0.4, -0.2) is 51.3 Å². The Balaban J connectivity index is 1.86. The van der Waals surface area contributed by atoms with Crippen LogP contribution < -0.4 is 5.32 Å². The van der Waals surface area contributed by atoms with Gasteiger partial charge in [0.15, 0.2) is 0 Å². The molecule has 1 aromatic carbocycles. The number of amides is 2. The van der Waals surface area contributed by atoms with Gasteiger partial charge in [-0.05, 0) is 31.9 Å². The molecule has 2 rings (SSSR count). The number of hydrogen-bond acceptors (Lipinski definition) is 5. The molecule has 9 nitrogen and oxygen atoms in total. The third-order valence-corrected chi connectivity index (χ3v) is 3.97. The Bertz CT molecular complexity index is 684. The molecule has 0 aliphatic heterocycles. The Morgan fingerprint density at radius 2 is 1.92 bits per heavy atom. The molecule has 0 spiro atoms. The first-order valence-electron chi connectivity index (χ1n) is 7.88. The van der Waals surface area contributed by atoms with Gasteiger partial charge in [0.1, 0.15) is 6.04 Å². The maximum Gasteiger partial charge on any atom is 0.326 e. The number of nitro benzene ring substituents is 1. The van der Waals surface area contributed by atoms with Crippen molar-refractivity contribution in [3.8, 4) is 0 Å². The molecule has 134 valence electrons. The lowest BCUT2D eigenvalue weighted by Gasteiger charge is -2.26. The molecular formula is C16H19N3O6. The first-order chi connectivity index (χ1) is 11.8. The van der Waals surface area contributed by atoms with E-state index in [-0.39, 0.29) is 36.2 Å². The van der Waals surface area contributed by atoms with E-state index in [1.165, 1.54) is 36.1 Å². The van der Waals surface area contributed by atoms with Gasteiger partial charge in [0.25, 0.3) is 11.6 Å². The van der Waals surface area contributed by atoms with Crippen LogP contribution in [0.4, 0.5) is 5.69 Å². The van der Waals surface area contributed by atoms with Crippen molar-refractivity contribution in [1.82, 2.24) is 10.2 Å². The van der Waals surface area contributed by atoms with E-state index >= 15 is 0 Å². The summed E-state index contributed by atoms with van der Waals surface area (Å²) < 4.78 is 0. The number of nitrogens with one attached hydrogen (secondary N) is 1. The molecule has 0 aromatic heterocycles. The second-order valence-corrected chi connectivity index (χ2v) is 5.86. The fraction of sp³-hybridized carbons (Fsp3) is 0.438. The van der Waals surface area contributed by atoms with E-state index in [0.29, 0.717) is 0 Å². The highest BCUT2D eigenvalue weighted by molar-refractivity contribution is 5.94. The summed E-state index contributed by atoms with van der Waals surface area (Å²) in [6, 6.07) is 4.18. The molecule has 0 heterocycles. The molecule has 1 aromatic rings. The molecule has 0 bridgehead atoms. The van der Waals surface area contributed by atoms with Crippen LogP contribution >= 0.6 is 0 Å². The minimum absolute atomic E-state index is 0.00710. The average Bonchev–Trinajstić information content (AvgIpc) is 3.39. The van der Waals surface area contributed by atoms with Crippen LogP contribution in [0.25, 0.3) is 0 Å². The lowest BCUT2D eigenvalue weighted by atomic mass is 10.2. The quantitative estimate of drug-likeness (QED) is 0.535. The molecule has 9 heteroatoms. The Morgan fingerprint density at radius 3 is 2.40 bits per heavy atom. The minimum Gasteiger partial charge on any atom is -0.480 e. The summed E-state index contributed by atoms with van der Waals surface area (Å²) in [4.78, 5) is 46.7. The molecule has 1 aliphatic carbocycles. The van der Waals surface area contributed by atoms with Crippen LogP contribution in [-0.2, 0) is 9.59 Å². The van der Waals surface area contributed by atoms with Gasteiger partial charge in [-0.2, -0.15) is 0 Å². The van der Waals surface area contributed by atoms with Crippen LogP contribution in [0, 0.1) is 10.1 Å². The molecule has 2 amide bonds. The van der Waals surface area contributed by atoms with Crippen LogP contribution in [0.1, 0.15) is 36.5 Å². The normalized spacial score (nSPS) is 14.4. The number of aliphatic carboxylic acids is 1. The number of hydrogen-bond donors (Lipinski definition) is 2. The van der Waals surface area contributed by atoms with E-state index in [9.17, 15) is 24.5 Å². The van der Waals surface area contributed by atoms with Gasteiger partial charge in [-0.25, -0.2) is 4.79 Å². The van der Waals surface area contributed by atoms with Crippen LogP contribution in [0.5, 0.6) is 0 Å². The van der Waals surface area contributed by atoms with Crippen molar-refractivity contribution in [2.45, 2.75) is 38.3 Å². The Labute approximate surface area is 143 Å². The highest BCUT2D eigenvalue weighted by atomic mass is 16.6. The number of benzene rings is 1. The third-order valence-electron chi connectivity index (χ3n) is 3.97. The summed E-state index contributed by atoms with van der Waals surface area (Å²) in [5.41, 5.74) is 0.130. The standard InChI is InChI=1S/C16H19N3O6/c1-10(16(22)23)18(12-6-7-12)14(20)8-9-17-15(21)11-2-4-13(5-3-11)19(24)25/h2-5,10,12H,6-9H2,1H3,(H,17,21)(H,22,23). The van der Waals surface area contributed by atoms with Crippen LogP contribution in [0.2, 0.25) is 0 Å². The van der Waals surface area contributed by atoms with Crippen LogP contribution in [0.3, 0.4) is 0 Å². The maximum absolute atomic E-state index is 12.2. The first-order valence-corrected chi connectivity index (χ1v) is 7.88. The SMILES string of the molecule is CC(C(=O)O)N(C(=O)CCNC(=O)c1ccc([N+](=O)[O-])cc1)C1CC1. The van der Waals surface area contributed by atoms with Crippen molar-refractivity contribution >= 4 is 23.5 Å². The van der Waals surface area contributed by atoms with E-state index in [1.54, 1.807) is 0 Å². The van der Waals surface area contributed by atoms with Crippen molar-refractivity contribution in [3.05, 3.63) is 39.9 Å². The topological polar surface area (TPSA) is 130 Å². The van der Waals surface area contributed by atoms with Crippen LogP contribution in [0.15, 0.2) is 24.3 Å². The molecule has 2 N–H and O–H groups in total. The number of carbonyl (C=O) groups excluding carboxylic acids is 2. The minimum atomic E-state index is -1.06. The van der Waals surface area contributed by atoms with E-state index < -0.39 is 22.8 Å². The summed E-state index contributed by atoms with van der Waals surface area (Å²) in [7, 11) is 0. The zero-order valence-electron chi connectivity index (χ0n) is 13.7. The van der Waals surface area contributed by atoms with Gasteiger partial charge in [-0.3, -0.25) is 19.7 Å². The predicted molar refractivity (Wildman–Crippen MR) is 87.0 cm³/mol.